The van der Waals surface area contributed by atoms with E-state index in [1.807, 2.05) is 48.5 Å². The third-order valence-electron chi connectivity index (χ3n) is 3.35. The predicted octanol–water partition coefficient (Wildman–Crippen LogP) is 2.99. The molecule has 4 heteroatoms. The normalized spacial score (nSPS) is 12.7. The van der Waals surface area contributed by atoms with Gasteiger partial charge in [-0.1, -0.05) is 36.4 Å². The van der Waals surface area contributed by atoms with E-state index < -0.39 is 0 Å². The van der Waals surface area contributed by atoms with Crippen LogP contribution in [0.25, 0.3) is 11.1 Å². The van der Waals surface area contributed by atoms with Gasteiger partial charge in [0.1, 0.15) is 0 Å². The van der Waals surface area contributed by atoms with Crippen molar-refractivity contribution >= 4 is 23.2 Å². The van der Waals surface area contributed by atoms with Crippen LogP contribution in [0.15, 0.2) is 48.5 Å². The van der Waals surface area contributed by atoms with Crippen LogP contribution in [-0.2, 0) is 9.59 Å². The zero-order valence-corrected chi connectivity index (χ0v) is 11.3. The summed E-state index contributed by atoms with van der Waals surface area (Å²) < 4.78 is 0. The second-order valence-corrected chi connectivity index (χ2v) is 4.70. The molecule has 100 valence electrons. The maximum Gasteiger partial charge on any atom is 0.243 e. The molecule has 0 spiro atoms. The van der Waals surface area contributed by atoms with E-state index in [0.29, 0.717) is 0 Å². The van der Waals surface area contributed by atoms with Crippen molar-refractivity contribution < 1.29 is 9.59 Å². The molecule has 2 amide bonds. The summed E-state index contributed by atoms with van der Waals surface area (Å²) in [4.78, 5) is 24.0. The monoisotopic (exact) mass is 266 g/mol. The molecule has 4 nitrogen and oxygen atoms in total. The van der Waals surface area contributed by atoms with Gasteiger partial charge >= 0.3 is 0 Å². The second kappa shape index (κ2) is 4.49. The first kappa shape index (κ1) is 12.4. The maximum atomic E-state index is 12.0. The Balaban J connectivity index is 2.35. The van der Waals surface area contributed by atoms with Gasteiger partial charge in [0.2, 0.25) is 11.8 Å². The van der Waals surface area contributed by atoms with Gasteiger partial charge in [-0.15, -0.1) is 0 Å². The van der Waals surface area contributed by atoms with Crippen molar-refractivity contribution in [2.45, 2.75) is 13.8 Å². The molecule has 3 rings (SSSR count). The van der Waals surface area contributed by atoms with Gasteiger partial charge in [-0.2, -0.15) is 0 Å². The molecule has 0 bridgehead atoms. The van der Waals surface area contributed by atoms with Crippen LogP contribution < -0.4 is 10.0 Å². The largest absolute Gasteiger partial charge is 0.273 e. The summed E-state index contributed by atoms with van der Waals surface area (Å²) in [5, 5.41) is 2.86. The summed E-state index contributed by atoms with van der Waals surface area (Å²) in [6.45, 7) is 2.92. The van der Waals surface area contributed by atoms with Crippen LogP contribution in [0.2, 0.25) is 0 Å². The minimum atomic E-state index is -0.192. The Morgan fingerprint density at radius 3 is 1.40 bits per heavy atom. The van der Waals surface area contributed by atoms with E-state index in [4.69, 9.17) is 0 Å². The Kier molecular flexibility index (Phi) is 2.79. The van der Waals surface area contributed by atoms with E-state index in [1.54, 1.807) is 0 Å². The molecular formula is C16H14N2O2. The molecule has 1 heterocycles. The molecule has 0 N–H and O–H groups in total. The first-order valence-electron chi connectivity index (χ1n) is 6.41. The molecule has 0 fully saturated rings. The van der Waals surface area contributed by atoms with E-state index in [-0.39, 0.29) is 11.8 Å². The number of anilines is 2. The third-order valence-corrected chi connectivity index (χ3v) is 3.35. The average Bonchev–Trinajstić information content (AvgIpc) is 2.45. The maximum absolute atomic E-state index is 12.0. The van der Waals surface area contributed by atoms with Gasteiger partial charge in [0, 0.05) is 25.0 Å². The summed E-state index contributed by atoms with van der Waals surface area (Å²) >= 11 is 0. The fraction of sp³-hybridized carbons (Fsp3) is 0.125. The Hall–Kier alpha value is -2.62. The molecular weight excluding hydrogens is 252 g/mol. The van der Waals surface area contributed by atoms with Gasteiger partial charge in [0.25, 0.3) is 0 Å². The van der Waals surface area contributed by atoms with Crippen molar-refractivity contribution in [1.82, 2.24) is 0 Å². The number of hydrogen-bond donors (Lipinski definition) is 0. The number of fused-ring (bicyclic) bond motifs is 3. The van der Waals surface area contributed by atoms with Crippen LogP contribution in [0.3, 0.4) is 0 Å². The van der Waals surface area contributed by atoms with Gasteiger partial charge in [-0.25, -0.2) is 10.0 Å². The summed E-state index contributed by atoms with van der Waals surface area (Å²) in [6, 6.07) is 15.2. The fourth-order valence-corrected chi connectivity index (χ4v) is 2.61. The molecule has 0 saturated carbocycles. The first-order valence-corrected chi connectivity index (χ1v) is 6.41. The lowest BCUT2D eigenvalue weighted by Gasteiger charge is -2.39. The molecule has 1 aliphatic heterocycles. The predicted molar refractivity (Wildman–Crippen MR) is 78.2 cm³/mol. The van der Waals surface area contributed by atoms with Gasteiger partial charge in [-0.05, 0) is 12.1 Å². The third kappa shape index (κ3) is 1.69. The number of hydrazine groups is 1. The highest BCUT2D eigenvalue weighted by atomic mass is 16.2. The van der Waals surface area contributed by atoms with E-state index >= 15 is 0 Å². The fourth-order valence-electron chi connectivity index (χ4n) is 2.61. The van der Waals surface area contributed by atoms with Crippen molar-refractivity contribution in [3.05, 3.63) is 48.5 Å². The molecule has 0 atom stereocenters. The van der Waals surface area contributed by atoms with Crippen LogP contribution in [0.5, 0.6) is 0 Å². The lowest BCUT2D eigenvalue weighted by atomic mass is 9.98. The molecule has 2 aromatic rings. The lowest BCUT2D eigenvalue weighted by Crippen LogP contribution is -2.50. The minimum Gasteiger partial charge on any atom is -0.273 e. The smallest absolute Gasteiger partial charge is 0.243 e. The number of amides is 2. The number of benzene rings is 2. The van der Waals surface area contributed by atoms with Crippen molar-refractivity contribution in [2.24, 2.45) is 0 Å². The highest BCUT2D eigenvalue weighted by molar-refractivity contribution is 6.12. The van der Waals surface area contributed by atoms with Crippen LogP contribution >= 0.6 is 0 Å². The molecule has 20 heavy (non-hydrogen) atoms. The number of carbonyl (C=O) groups is 2. The average molecular weight is 266 g/mol. The van der Waals surface area contributed by atoms with Gasteiger partial charge < -0.3 is 0 Å². The summed E-state index contributed by atoms with van der Waals surface area (Å²) in [5.74, 6) is -0.385. The van der Waals surface area contributed by atoms with Crippen LogP contribution in [0, 0.1) is 0 Å². The molecule has 0 unspecified atom stereocenters. The standard InChI is InChI=1S/C16H14N2O2/c1-11(19)17-15-9-5-3-7-13(15)14-8-4-6-10-16(14)18(17)12(2)20/h3-10H,1-2H3. The number of rotatable bonds is 0. The Bertz CT molecular complexity index is 648. The van der Waals surface area contributed by atoms with Gasteiger partial charge in [-0.3, -0.25) is 9.59 Å². The molecule has 0 saturated heterocycles. The molecule has 0 aliphatic carbocycles. The van der Waals surface area contributed by atoms with Crippen LogP contribution in [-0.4, -0.2) is 11.8 Å². The Labute approximate surface area is 117 Å². The van der Waals surface area contributed by atoms with Crippen molar-refractivity contribution in [1.29, 1.82) is 0 Å². The Morgan fingerprint density at radius 1 is 0.700 bits per heavy atom. The first-order chi connectivity index (χ1) is 9.61. The van der Waals surface area contributed by atoms with E-state index in [9.17, 15) is 9.59 Å². The van der Waals surface area contributed by atoms with Gasteiger partial charge in [0.05, 0.1) is 11.4 Å². The van der Waals surface area contributed by atoms with Crippen molar-refractivity contribution in [3.8, 4) is 11.1 Å². The number of carbonyl (C=O) groups excluding carboxylic acids is 2. The molecule has 1 aliphatic rings. The summed E-state index contributed by atoms with van der Waals surface area (Å²) in [7, 11) is 0. The summed E-state index contributed by atoms with van der Waals surface area (Å²) in [6.07, 6.45) is 0. The van der Waals surface area contributed by atoms with E-state index in [0.717, 1.165) is 22.5 Å². The van der Waals surface area contributed by atoms with E-state index in [2.05, 4.69) is 0 Å². The number of para-hydroxylation sites is 2. The van der Waals surface area contributed by atoms with Crippen LogP contribution in [0.4, 0.5) is 11.4 Å². The van der Waals surface area contributed by atoms with E-state index in [1.165, 1.54) is 23.9 Å². The number of hydrogen-bond acceptors (Lipinski definition) is 2. The van der Waals surface area contributed by atoms with Gasteiger partial charge in [0.15, 0.2) is 0 Å². The highest BCUT2D eigenvalue weighted by Gasteiger charge is 2.33. The minimum absolute atomic E-state index is 0.192. The van der Waals surface area contributed by atoms with Crippen LogP contribution in [0.1, 0.15) is 13.8 Å². The van der Waals surface area contributed by atoms with Crippen molar-refractivity contribution in [2.75, 3.05) is 10.0 Å². The highest BCUT2D eigenvalue weighted by Crippen LogP contribution is 2.43. The quantitative estimate of drug-likeness (QED) is 0.735. The zero-order valence-electron chi connectivity index (χ0n) is 11.3. The Morgan fingerprint density at radius 2 is 1.05 bits per heavy atom. The number of nitrogens with zero attached hydrogens (tertiary/aromatic N) is 2. The molecule has 2 aromatic carbocycles. The SMILES string of the molecule is CC(=O)N1c2ccccc2-c2ccccc2N1C(C)=O. The zero-order chi connectivity index (χ0) is 14.3. The molecule has 0 radical (unpaired) electrons. The topological polar surface area (TPSA) is 40.6 Å². The summed E-state index contributed by atoms with van der Waals surface area (Å²) in [5.41, 5.74) is 3.37. The van der Waals surface area contributed by atoms with Crippen molar-refractivity contribution in [3.63, 3.8) is 0 Å². The molecule has 0 aromatic heterocycles. The lowest BCUT2D eigenvalue weighted by molar-refractivity contribution is -0.121. The second-order valence-electron chi connectivity index (χ2n) is 4.70.